The summed E-state index contributed by atoms with van der Waals surface area (Å²) in [6, 6.07) is 8.82. The fraction of sp³-hybridized carbons (Fsp3) is 0.650. The van der Waals surface area contributed by atoms with Crippen LogP contribution in [0.1, 0.15) is 33.3 Å². The van der Waals surface area contributed by atoms with Crippen LogP contribution in [0.5, 0.6) is 0 Å². The number of nitrogens with one attached hydrogen (secondary N) is 1. The molecule has 0 aromatic heterocycles. The fourth-order valence-electron chi connectivity index (χ4n) is 3.99. The van der Waals surface area contributed by atoms with Gasteiger partial charge in [-0.05, 0) is 33.3 Å². The molecule has 32 heavy (non-hydrogen) atoms. The summed E-state index contributed by atoms with van der Waals surface area (Å²) >= 11 is 0. The number of hydrogen-bond donors (Lipinski definition) is 1. The molecule has 3 saturated heterocycles. The van der Waals surface area contributed by atoms with E-state index in [4.69, 9.17) is 32.6 Å². The van der Waals surface area contributed by atoms with Crippen LogP contribution in [0, 0.1) is 0 Å². The van der Waals surface area contributed by atoms with E-state index in [-0.39, 0.29) is 13.2 Å². The quantitative estimate of drug-likeness (QED) is 0.650. The number of ether oxygens (including phenoxy) is 6. The minimum Gasteiger partial charge on any atom is -0.444 e. The average Bonchev–Trinajstić information content (AvgIpc) is 3.17. The molecule has 3 heterocycles. The Morgan fingerprint density at radius 2 is 1.81 bits per heavy atom. The first-order chi connectivity index (χ1) is 14.9. The van der Waals surface area contributed by atoms with Crippen molar-refractivity contribution < 1.29 is 45.8 Å². The maximum atomic E-state index is 12.3. The van der Waals surface area contributed by atoms with Gasteiger partial charge in [-0.15, -0.1) is 0 Å². The Kier molecular flexibility index (Phi) is 5.99. The van der Waals surface area contributed by atoms with Gasteiger partial charge in [-0.3, -0.25) is 0 Å². The molecular weight excluding hydrogens is 446 g/mol. The molecule has 178 valence electrons. The van der Waals surface area contributed by atoms with E-state index >= 15 is 0 Å². The van der Waals surface area contributed by atoms with Crippen LogP contribution in [0.2, 0.25) is 0 Å². The molecule has 4 unspecified atom stereocenters. The second kappa shape index (κ2) is 8.20. The molecule has 1 aromatic carbocycles. The molecule has 0 spiro atoms. The summed E-state index contributed by atoms with van der Waals surface area (Å²) in [4.78, 5) is 11.9. The monoisotopic (exact) mass is 473 g/mol. The first-order valence-electron chi connectivity index (χ1n) is 10.1. The van der Waals surface area contributed by atoms with E-state index in [1.807, 2.05) is 6.07 Å². The number of fused-ring (bicyclic) bond motifs is 3. The molecule has 1 N–H and O–H groups in total. The third-order valence-electron chi connectivity index (χ3n) is 5.11. The van der Waals surface area contributed by atoms with Gasteiger partial charge >= 0.3 is 16.4 Å². The van der Waals surface area contributed by atoms with Crippen LogP contribution in [0.15, 0.2) is 30.3 Å². The molecule has 3 aliphatic rings. The van der Waals surface area contributed by atoms with Gasteiger partial charge in [-0.1, -0.05) is 30.3 Å². The van der Waals surface area contributed by atoms with Crippen LogP contribution in [0.3, 0.4) is 0 Å². The van der Waals surface area contributed by atoms with E-state index in [1.165, 1.54) is 0 Å². The molecule has 0 aliphatic carbocycles. The second-order valence-corrected chi connectivity index (χ2v) is 10.0. The zero-order valence-electron chi connectivity index (χ0n) is 18.2. The van der Waals surface area contributed by atoms with Crippen LogP contribution in [0.25, 0.3) is 0 Å². The molecule has 0 bridgehead atoms. The Hall–Kier alpha value is -1.80. The molecule has 4 rings (SSSR count). The lowest BCUT2D eigenvalue weighted by atomic mass is 9.98. The van der Waals surface area contributed by atoms with Crippen LogP contribution in [-0.4, -0.2) is 63.4 Å². The normalized spacial score (nSPS) is 32.7. The molecular formula is C20H27NO10S. The van der Waals surface area contributed by atoms with Crippen molar-refractivity contribution in [3.63, 3.8) is 0 Å². The Bertz CT molecular complexity index is 950. The summed E-state index contributed by atoms with van der Waals surface area (Å²) in [6.45, 7) is 6.27. The van der Waals surface area contributed by atoms with E-state index in [0.717, 1.165) is 0 Å². The van der Waals surface area contributed by atoms with Gasteiger partial charge in [0.1, 0.15) is 31.5 Å². The number of carbonyl (C=O) groups is 1. The molecule has 0 radical (unpaired) electrons. The predicted molar refractivity (Wildman–Crippen MR) is 107 cm³/mol. The maximum absolute atomic E-state index is 12.3. The van der Waals surface area contributed by atoms with Crippen molar-refractivity contribution in [3.8, 4) is 0 Å². The lowest BCUT2D eigenvalue weighted by Gasteiger charge is -2.40. The number of rotatable bonds is 6. The molecule has 1 aromatic rings. The predicted octanol–water partition coefficient (Wildman–Crippen LogP) is 1.57. The van der Waals surface area contributed by atoms with E-state index in [2.05, 4.69) is 0 Å². The van der Waals surface area contributed by atoms with Crippen LogP contribution < -0.4 is 4.72 Å². The fourth-order valence-corrected chi connectivity index (χ4v) is 4.63. The van der Waals surface area contributed by atoms with Crippen molar-refractivity contribution in [2.24, 2.45) is 0 Å². The Morgan fingerprint density at radius 1 is 1.09 bits per heavy atom. The summed E-state index contributed by atoms with van der Waals surface area (Å²) in [5, 5.41) is 0. The van der Waals surface area contributed by atoms with E-state index in [0.29, 0.717) is 5.56 Å². The van der Waals surface area contributed by atoms with Crippen molar-refractivity contribution in [1.29, 1.82) is 0 Å². The van der Waals surface area contributed by atoms with E-state index < -0.39 is 58.7 Å². The lowest BCUT2D eigenvalue weighted by Crippen LogP contribution is -2.60. The molecule has 3 aliphatic heterocycles. The van der Waals surface area contributed by atoms with E-state index in [9.17, 15) is 13.2 Å². The largest absolute Gasteiger partial charge is 0.444 e. The van der Waals surface area contributed by atoms with Gasteiger partial charge in [-0.25, -0.2) is 8.98 Å². The zero-order valence-corrected chi connectivity index (χ0v) is 19.0. The number of hydrogen-bond acceptors (Lipinski definition) is 10. The second-order valence-electron chi connectivity index (χ2n) is 8.68. The first-order valence-corrected chi connectivity index (χ1v) is 11.5. The smallest absolute Gasteiger partial charge is 0.423 e. The number of amides is 1. The topological polar surface area (TPSA) is 128 Å². The van der Waals surface area contributed by atoms with Crippen molar-refractivity contribution in [3.05, 3.63) is 35.9 Å². The molecule has 1 amide bonds. The van der Waals surface area contributed by atoms with Gasteiger partial charge in [-0.2, -0.15) is 13.1 Å². The van der Waals surface area contributed by atoms with E-state index in [1.54, 1.807) is 56.7 Å². The zero-order chi connectivity index (χ0) is 23.2. The molecule has 12 heteroatoms. The minimum atomic E-state index is -4.52. The Morgan fingerprint density at radius 3 is 2.53 bits per heavy atom. The summed E-state index contributed by atoms with van der Waals surface area (Å²) in [7, 11) is -4.52. The highest BCUT2D eigenvalue weighted by molar-refractivity contribution is 7.85. The first kappa shape index (κ1) is 23.4. The van der Waals surface area contributed by atoms with Crippen molar-refractivity contribution in [2.75, 3.05) is 13.2 Å². The highest BCUT2D eigenvalue weighted by atomic mass is 32.2. The highest BCUT2D eigenvalue weighted by Crippen LogP contribution is 2.47. The van der Waals surface area contributed by atoms with Gasteiger partial charge in [0.15, 0.2) is 11.6 Å². The summed E-state index contributed by atoms with van der Waals surface area (Å²) in [6.07, 6.45) is -2.97. The van der Waals surface area contributed by atoms with Gasteiger partial charge in [0.05, 0.1) is 6.61 Å². The standard InChI is InChI=1S/C20H27NO10S/c1-18(2)28-14-11-26-20(16(15(14)29-18)30-19(3,4)31-20)12-27-32(23,24)21-17(22)25-10-13-8-6-5-7-9-13/h5-9,14-16H,10-12H2,1-4H3,(H,21,22). The van der Waals surface area contributed by atoms with Gasteiger partial charge in [0, 0.05) is 0 Å². The molecule has 0 saturated carbocycles. The summed E-state index contributed by atoms with van der Waals surface area (Å²) in [5.74, 6) is -3.52. The van der Waals surface area contributed by atoms with Gasteiger partial charge in [0.2, 0.25) is 5.79 Å². The number of carbonyl (C=O) groups excluding carboxylic acids is 1. The third kappa shape index (κ3) is 5.06. The van der Waals surface area contributed by atoms with Crippen LogP contribution in [0.4, 0.5) is 4.79 Å². The molecule has 3 fully saturated rings. The van der Waals surface area contributed by atoms with Gasteiger partial charge in [0.25, 0.3) is 0 Å². The van der Waals surface area contributed by atoms with Gasteiger partial charge < -0.3 is 28.4 Å². The Balaban J connectivity index is 1.39. The van der Waals surface area contributed by atoms with Crippen LogP contribution >= 0.6 is 0 Å². The summed E-state index contributed by atoms with van der Waals surface area (Å²) in [5.41, 5.74) is 0.702. The molecule has 4 atom stereocenters. The van der Waals surface area contributed by atoms with Crippen molar-refractivity contribution >= 4 is 16.4 Å². The summed E-state index contributed by atoms with van der Waals surface area (Å²) < 4.78 is 65.8. The minimum absolute atomic E-state index is 0.0833. The highest BCUT2D eigenvalue weighted by Gasteiger charge is 2.65. The molecule has 11 nitrogen and oxygen atoms in total. The lowest BCUT2D eigenvalue weighted by molar-refractivity contribution is -0.290. The maximum Gasteiger partial charge on any atom is 0.423 e. The van der Waals surface area contributed by atoms with Crippen molar-refractivity contribution in [2.45, 2.75) is 70.0 Å². The Labute approximate surface area is 186 Å². The van der Waals surface area contributed by atoms with Crippen molar-refractivity contribution in [1.82, 2.24) is 4.72 Å². The SMILES string of the molecule is CC1(C)OC2COC3(COS(=O)(=O)NC(=O)OCc4ccccc4)OC(C)(C)OC3C2O1. The third-order valence-corrected chi connectivity index (χ3v) is 5.96. The average molecular weight is 474 g/mol. The van der Waals surface area contributed by atoms with Crippen LogP contribution in [-0.2, 0) is 49.5 Å². The number of benzene rings is 1.